The molecule has 0 amide bonds. The molecule has 1 N–H and O–H groups in total. The number of anilines is 1. The van der Waals surface area contributed by atoms with Crippen LogP contribution in [0.15, 0.2) is 59.1 Å². The van der Waals surface area contributed by atoms with Crippen molar-refractivity contribution in [1.82, 2.24) is 20.3 Å². The Hall–Kier alpha value is -4.14. The SMILES string of the molecule is COc1ccc(-c2noc(-c3ccc(NCCc4ccc(OC)c(OC)c4)nn3)n2)cc1. The van der Waals surface area contributed by atoms with Gasteiger partial charge in [-0.25, -0.2) is 0 Å². The number of nitrogens with zero attached hydrogens (tertiary/aromatic N) is 4. The lowest BCUT2D eigenvalue weighted by molar-refractivity contribution is 0.354. The van der Waals surface area contributed by atoms with Gasteiger partial charge in [-0.15, -0.1) is 10.2 Å². The minimum Gasteiger partial charge on any atom is -0.497 e. The van der Waals surface area contributed by atoms with Gasteiger partial charge in [0.05, 0.1) is 21.3 Å². The van der Waals surface area contributed by atoms with E-state index in [2.05, 4.69) is 25.7 Å². The number of rotatable bonds is 9. The van der Waals surface area contributed by atoms with Crippen molar-refractivity contribution in [1.29, 1.82) is 0 Å². The molecule has 0 radical (unpaired) electrons. The summed E-state index contributed by atoms with van der Waals surface area (Å²) in [5.74, 6) is 3.62. The van der Waals surface area contributed by atoms with Crippen molar-refractivity contribution in [2.45, 2.75) is 6.42 Å². The first-order chi connectivity index (χ1) is 15.7. The van der Waals surface area contributed by atoms with Crippen LogP contribution in [0.4, 0.5) is 5.82 Å². The van der Waals surface area contributed by atoms with Gasteiger partial charge >= 0.3 is 0 Å². The molecule has 0 spiro atoms. The average Bonchev–Trinajstić information content (AvgIpc) is 3.35. The first-order valence-corrected chi connectivity index (χ1v) is 9.97. The zero-order valence-electron chi connectivity index (χ0n) is 18.0. The molecule has 32 heavy (non-hydrogen) atoms. The Balaban J connectivity index is 1.36. The Morgan fingerprint density at radius 1 is 0.844 bits per heavy atom. The van der Waals surface area contributed by atoms with E-state index in [1.807, 2.05) is 48.5 Å². The number of hydrogen-bond acceptors (Lipinski definition) is 9. The highest BCUT2D eigenvalue weighted by Crippen LogP contribution is 2.28. The van der Waals surface area contributed by atoms with Crippen molar-refractivity contribution in [2.75, 3.05) is 33.2 Å². The van der Waals surface area contributed by atoms with E-state index in [0.29, 0.717) is 41.3 Å². The summed E-state index contributed by atoms with van der Waals surface area (Å²) in [4.78, 5) is 4.40. The predicted octanol–water partition coefficient (Wildman–Crippen LogP) is 3.87. The number of methoxy groups -OCH3 is 3. The molecule has 2 aromatic heterocycles. The van der Waals surface area contributed by atoms with Gasteiger partial charge in [-0.1, -0.05) is 11.2 Å². The van der Waals surface area contributed by atoms with Crippen molar-refractivity contribution in [2.24, 2.45) is 0 Å². The molecular formula is C23H23N5O4. The molecule has 0 unspecified atom stereocenters. The third-order valence-corrected chi connectivity index (χ3v) is 4.83. The lowest BCUT2D eigenvalue weighted by atomic mass is 10.1. The number of ether oxygens (including phenoxy) is 3. The second kappa shape index (κ2) is 9.78. The topological polar surface area (TPSA) is 104 Å². The van der Waals surface area contributed by atoms with Gasteiger partial charge < -0.3 is 24.1 Å². The van der Waals surface area contributed by atoms with Crippen LogP contribution >= 0.6 is 0 Å². The molecular weight excluding hydrogens is 410 g/mol. The van der Waals surface area contributed by atoms with Crippen LogP contribution in [0, 0.1) is 0 Å². The maximum Gasteiger partial charge on any atom is 0.278 e. The van der Waals surface area contributed by atoms with Crippen molar-refractivity contribution < 1.29 is 18.7 Å². The fourth-order valence-corrected chi connectivity index (χ4v) is 3.10. The zero-order chi connectivity index (χ0) is 22.3. The summed E-state index contributed by atoms with van der Waals surface area (Å²) >= 11 is 0. The second-order valence-corrected chi connectivity index (χ2v) is 6.82. The fraction of sp³-hybridized carbons (Fsp3) is 0.217. The van der Waals surface area contributed by atoms with E-state index < -0.39 is 0 Å². The van der Waals surface area contributed by atoms with Crippen LogP contribution < -0.4 is 19.5 Å². The molecule has 0 bridgehead atoms. The molecule has 4 aromatic rings. The van der Waals surface area contributed by atoms with E-state index >= 15 is 0 Å². The highest BCUT2D eigenvalue weighted by molar-refractivity contribution is 5.59. The molecule has 0 saturated heterocycles. The Morgan fingerprint density at radius 2 is 1.66 bits per heavy atom. The molecule has 2 aromatic carbocycles. The van der Waals surface area contributed by atoms with Crippen molar-refractivity contribution in [3.8, 4) is 40.2 Å². The van der Waals surface area contributed by atoms with Crippen LogP contribution in [0.2, 0.25) is 0 Å². The Bertz CT molecular complexity index is 1160. The number of hydrogen-bond donors (Lipinski definition) is 1. The lowest BCUT2D eigenvalue weighted by Crippen LogP contribution is -2.07. The molecule has 164 valence electrons. The van der Waals surface area contributed by atoms with Crippen LogP contribution in [-0.2, 0) is 6.42 Å². The molecule has 0 aliphatic rings. The summed E-state index contributed by atoms with van der Waals surface area (Å²) in [5, 5.41) is 15.7. The largest absolute Gasteiger partial charge is 0.497 e. The lowest BCUT2D eigenvalue weighted by Gasteiger charge is -2.10. The van der Waals surface area contributed by atoms with Gasteiger partial charge in [0, 0.05) is 12.1 Å². The monoisotopic (exact) mass is 433 g/mol. The standard InChI is InChI=1S/C23H23N5O4/c1-29-17-7-5-16(6-8-17)22-25-23(32-28-22)18-9-11-21(27-26-18)24-13-12-15-4-10-19(30-2)20(14-15)31-3/h4-11,14H,12-13H2,1-3H3,(H,24,27). The summed E-state index contributed by atoms with van der Waals surface area (Å²) in [6, 6.07) is 16.9. The molecule has 9 nitrogen and oxygen atoms in total. The van der Waals surface area contributed by atoms with Crippen LogP contribution in [0.1, 0.15) is 5.56 Å². The zero-order valence-corrected chi connectivity index (χ0v) is 18.0. The highest BCUT2D eigenvalue weighted by Gasteiger charge is 2.12. The quantitative estimate of drug-likeness (QED) is 0.421. The van der Waals surface area contributed by atoms with Crippen molar-refractivity contribution >= 4 is 5.82 Å². The Labute approximate surface area is 185 Å². The van der Waals surface area contributed by atoms with Crippen molar-refractivity contribution in [3.63, 3.8) is 0 Å². The number of nitrogens with one attached hydrogen (secondary N) is 1. The molecule has 0 atom stereocenters. The van der Waals surface area contributed by atoms with Crippen LogP contribution in [-0.4, -0.2) is 48.2 Å². The van der Waals surface area contributed by atoms with E-state index in [1.165, 1.54) is 0 Å². The van der Waals surface area contributed by atoms with Gasteiger partial charge in [0.15, 0.2) is 17.2 Å². The maximum atomic E-state index is 5.34. The van der Waals surface area contributed by atoms with Gasteiger partial charge in [-0.3, -0.25) is 0 Å². The first-order valence-electron chi connectivity index (χ1n) is 9.97. The van der Waals surface area contributed by atoms with E-state index in [1.54, 1.807) is 27.4 Å². The second-order valence-electron chi connectivity index (χ2n) is 6.82. The molecule has 2 heterocycles. The molecule has 0 aliphatic heterocycles. The summed E-state index contributed by atoms with van der Waals surface area (Å²) in [5.41, 5.74) is 2.45. The van der Waals surface area contributed by atoms with E-state index in [9.17, 15) is 0 Å². The summed E-state index contributed by atoms with van der Waals surface area (Å²) in [7, 11) is 4.87. The van der Waals surface area contributed by atoms with E-state index in [0.717, 1.165) is 23.3 Å². The number of aromatic nitrogens is 4. The Morgan fingerprint density at radius 3 is 2.34 bits per heavy atom. The van der Waals surface area contributed by atoms with E-state index in [-0.39, 0.29) is 0 Å². The maximum absolute atomic E-state index is 5.34. The number of benzene rings is 2. The van der Waals surface area contributed by atoms with Gasteiger partial charge in [-0.05, 0) is 60.5 Å². The van der Waals surface area contributed by atoms with Gasteiger partial charge in [0.1, 0.15) is 11.6 Å². The molecule has 4 rings (SSSR count). The minimum absolute atomic E-state index is 0.306. The third-order valence-electron chi connectivity index (χ3n) is 4.83. The normalized spacial score (nSPS) is 10.6. The van der Waals surface area contributed by atoms with Crippen LogP contribution in [0.5, 0.6) is 17.2 Å². The average molecular weight is 433 g/mol. The summed E-state index contributed by atoms with van der Waals surface area (Å²) in [6.07, 6.45) is 0.790. The Kier molecular flexibility index (Phi) is 6.45. The third kappa shape index (κ3) is 4.77. The first kappa shape index (κ1) is 21.1. The van der Waals surface area contributed by atoms with Gasteiger partial charge in [0.25, 0.3) is 5.89 Å². The predicted molar refractivity (Wildman–Crippen MR) is 119 cm³/mol. The molecule has 0 aliphatic carbocycles. The van der Waals surface area contributed by atoms with Crippen LogP contribution in [0.25, 0.3) is 23.0 Å². The molecule has 0 saturated carbocycles. The summed E-state index contributed by atoms with van der Waals surface area (Å²) < 4.78 is 21.1. The molecule has 9 heteroatoms. The minimum atomic E-state index is 0.306. The smallest absolute Gasteiger partial charge is 0.278 e. The van der Waals surface area contributed by atoms with Crippen molar-refractivity contribution in [3.05, 3.63) is 60.2 Å². The fourth-order valence-electron chi connectivity index (χ4n) is 3.10. The van der Waals surface area contributed by atoms with Gasteiger partial charge in [-0.2, -0.15) is 4.98 Å². The summed E-state index contributed by atoms with van der Waals surface area (Å²) in [6.45, 7) is 0.686. The van der Waals surface area contributed by atoms with E-state index in [4.69, 9.17) is 18.7 Å². The highest BCUT2D eigenvalue weighted by atomic mass is 16.5. The molecule has 0 fully saturated rings. The van der Waals surface area contributed by atoms with Gasteiger partial charge in [0.2, 0.25) is 5.82 Å². The van der Waals surface area contributed by atoms with Crippen LogP contribution in [0.3, 0.4) is 0 Å².